The van der Waals surface area contributed by atoms with Gasteiger partial charge in [0.15, 0.2) is 0 Å². The molecule has 0 unspecified atom stereocenters. The number of nitrogens with two attached hydrogens (primary N) is 1. The fraction of sp³-hybridized carbons (Fsp3) is 0.0588. The second kappa shape index (κ2) is 5.71. The van der Waals surface area contributed by atoms with Crippen LogP contribution < -0.4 is 5.84 Å². The van der Waals surface area contributed by atoms with Crippen LogP contribution in [0.2, 0.25) is 0 Å². The summed E-state index contributed by atoms with van der Waals surface area (Å²) in [6, 6.07) is 16.1. The van der Waals surface area contributed by atoms with Gasteiger partial charge >= 0.3 is 0 Å². The van der Waals surface area contributed by atoms with Gasteiger partial charge in [0.1, 0.15) is 5.82 Å². The van der Waals surface area contributed by atoms with Crippen molar-refractivity contribution in [2.45, 2.75) is 6.42 Å². The molecule has 0 spiro atoms. The van der Waals surface area contributed by atoms with Crippen LogP contribution in [0.4, 0.5) is 4.39 Å². The lowest BCUT2D eigenvalue weighted by molar-refractivity contribution is 0.628. The van der Waals surface area contributed by atoms with Crippen LogP contribution in [0.5, 0.6) is 0 Å². The van der Waals surface area contributed by atoms with Gasteiger partial charge < -0.3 is 5.84 Å². The van der Waals surface area contributed by atoms with Crippen LogP contribution in [0, 0.1) is 5.82 Å². The van der Waals surface area contributed by atoms with Gasteiger partial charge in [0.2, 0.25) is 0 Å². The number of halogens is 1. The first kappa shape index (κ1) is 13.2. The topological polar surface area (TPSA) is 51.3 Å². The van der Waals surface area contributed by atoms with Crippen molar-refractivity contribution in [3.63, 3.8) is 0 Å². The Balaban J connectivity index is 1.98. The van der Waals surface area contributed by atoms with Crippen molar-refractivity contribution < 1.29 is 4.39 Å². The number of aromatic nitrogens is 1. The first-order chi connectivity index (χ1) is 10.3. The van der Waals surface area contributed by atoms with Crippen molar-refractivity contribution in [1.29, 1.82) is 0 Å². The van der Waals surface area contributed by atoms with E-state index >= 15 is 0 Å². The standard InChI is InChI=1S/C17H14FN3/c18-14-7-5-12(6-8-14)17(21-19)11-13-9-10-20-16-4-2-1-3-15(13)16/h1-10H,11,19H2/b21-17-. The number of pyridine rings is 1. The molecular formula is C17H14FN3. The zero-order valence-electron chi connectivity index (χ0n) is 11.3. The highest BCUT2D eigenvalue weighted by Crippen LogP contribution is 2.18. The third-order valence-corrected chi connectivity index (χ3v) is 3.43. The van der Waals surface area contributed by atoms with Crippen LogP contribution in [-0.2, 0) is 6.42 Å². The minimum absolute atomic E-state index is 0.274. The van der Waals surface area contributed by atoms with Crippen molar-refractivity contribution in [2.24, 2.45) is 10.9 Å². The summed E-state index contributed by atoms with van der Waals surface area (Å²) in [5, 5.41) is 4.94. The molecule has 2 aromatic carbocycles. The van der Waals surface area contributed by atoms with Gasteiger partial charge in [-0.25, -0.2) is 4.39 Å². The Kier molecular flexibility index (Phi) is 3.60. The summed E-state index contributed by atoms with van der Waals surface area (Å²) < 4.78 is 13.0. The Morgan fingerprint density at radius 3 is 2.57 bits per heavy atom. The SMILES string of the molecule is N/N=C(/Cc1ccnc2ccccc12)c1ccc(F)cc1. The normalized spacial score (nSPS) is 11.8. The van der Waals surface area contributed by atoms with Gasteiger partial charge in [-0.2, -0.15) is 5.10 Å². The maximum atomic E-state index is 13.0. The second-order valence-electron chi connectivity index (χ2n) is 4.75. The smallest absolute Gasteiger partial charge is 0.123 e. The van der Waals surface area contributed by atoms with Gasteiger partial charge in [0.25, 0.3) is 0 Å². The van der Waals surface area contributed by atoms with E-state index in [0.29, 0.717) is 12.1 Å². The minimum Gasteiger partial charge on any atom is -0.323 e. The van der Waals surface area contributed by atoms with E-state index in [9.17, 15) is 4.39 Å². The van der Waals surface area contributed by atoms with E-state index < -0.39 is 0 Å². The molecule has 0 atom stereocenters. The highest BCUT2D eigenvalue weighted by Gasteiger charge is 2.08. The monoisotopic (exact) mass is 279 g/mol. The Hall–Kier alpha value is -2.75. The molecule has 21 heavy (non-hydrogen) atoms. The van der Waals surface area contributed by atoms with E-state index in [1.165, 1.54) is 12.1 Å². The van der Waals surface area contributed by atoms with Gasteiger partial charge in [-0.3, -0.25) is 4.98 Å². The van der Waals surface area contributed by atoms with Crippen LogP contribution >= 0.6 is 0 Å². The van der Waals surface area contributed by atoms with E-state index in [2.05, 4.69) is 10.1 Å². The molecule has 3 aromatic rings. The molecule has 3 nitrogen and oxygen atoms in total. The molecule has 0 saturated heterocycles. The third-order valence-electron chi connectivity index (χ3n) is 3.43. The van der Waals surface area contributed by atoms with Crippen molar-refractivity contribution in [1.82, 2.24) is 4.98 Å². The summed E-state index contributed by atoms with van der Waals surface area (Å²) in [5.74, 6) is 5.24. The van der Waals surface area contributed by atoms with E-state index in [0.717, 1.165) is 22.0 Å². The number of fused-ring (bicyclic) bond motifs is 1. The average molecular weight is 279 g/mol. The Labute approximate surface area is 121 Å². The number of hydrogen-bond donors (Lipinski definition) is 1. The quantitative estimate of drug-likeness (QED) is 0.454. The van der Waals surface area contributed by atoms with Gasteiger partial charge in [0.05, 0.1) is 11.2 Å². The lowest BCUT2D eigenvalue weighted by Gasteiger charge is -2.08. The molecule has 4 heteroatoms. The maximum Gasteiger partial charge on any atom is 0.123 e. The summed E-state index contributed by atoms with van der Waals surface area (Å²) in [7, 11) is 0. The lowest BCUT2D eigenvalue weighted by atomic mass is 9.99. The minimum atomic E-state index is -0.274. The van der Waals surface area contributed by atoms with Crippen LogP contribution in [0.3, 0.4) is 0 Å². The number of rotatable bonds is 3. The van der Waals surface area contributed by atoms with Gasteiger partial charge in [0, 0.05) is 18.0 Å². The lowest BCUT2D eigenvalue weighted by Crippen LogP contribution is -2.09. The van der Waals surface area contributed by atoms with Crippen LogP contribution in [-0.4, -0.2) is 10.7 Å². The molecule has 1 heterocycles. The summed E-state index contributed by atoms with van der Waals surface area (Å²) in [5.41, 5.74) is 3.56. The molecule has 0 saturated carbocycles. The molecule has 0 aliphatic carbocycles. The van der Waals surface area contributed by atoms with E-state index in [-0.39, 0.29) is 5.82 Å². The number of hydrazone groups is 1. The van der Waals surface area contributed by atoms with Crippen LogP contribution in [0.25, 0.3) is 10.9 Å². The molecular weight excluding hydrogens is 265 g/mol. The average Bonchev–Trinajstić information content (AvgIpc) is 2.54. The molecule has 0 radical (unpaired) electrons. The van der Waals surface area contributed by atoms with Crippen molar-refractivity contribution in [3.8, 4) is 0 Å². The Morgan fingerprint density at radius 2 is 1.81 bits per heavy atom. The molecule has 3 rings (SSSR count). The summed E-state index contributed by atoms with van der Waals surface area (Å²) >= 11 is 0. The fourth-order valence-electron chi connectivity index (χ4n) is 2.35. The zero-order chi connectivity index (χ0) is 14.7. The number of para-hydroxylation sites is 1. The van der Waals surface area contributed by atoms with E-state index in [4.69, 9.17) is 5.84 Å². The highest BCUT2D eigenvalue weighted by atomic mass is 19.1. The van der Waals surface area contributed by atoms with E-state index in [1.807, 2.05) is 30.3 Å². The molecule has 0 aliphatic rings. The predicted octanol–water partition coefficient (Wildman–Crippen LogP) is 3.28. The van der Waals surface area contributed by atoms with Crippen molar-refractivity contribution in [3.05, 3.63) is 77.7 Å². The molecule has 0 amide bonds. The van der Waals surface area contributed by atoms with Gasteiger partial charge in [-0.05, 0) is 35.4 Å². The molecule has 0 fully saturated rings. The maximum absolute atomic E-state index is 13.0. The number of nitrogens with zero attached hydrogens (tertiary/aromatic N) is 2. The summed E-state index contributed by atoms with van der Waals surface area (Å²) in [6.07, 6.45) is 2.35. The summed E-state index contributed by atoms with van der Waals surface area (Å²) in [6.45, 7) is 0. The first-order valence-electron chi connectivity index (χ1n) is 6.63. The highest BCUT2D eigenvalue weighted by molar-refractivity contribution is 6.03. The number of hydrogen-bond acceptors (Lipinski definition) is 3. The van der Waals surface area contributed by atoms with E-state index in [1.54, 1.807) is 18.3 Å². The van der Waals surface area contributed by atoms with Crippen molar-refractivity contribution in [2.75, 3.05) is 0 Å². The Bertz CT molecular complexity index is 789. The largest absolute Gasteiger partial charge is 0.323 e. The number of benzene rings is 2. The molecule has 2 N–H and O–H groups in total. The Morgan fingerprint density at radius 1 is 1.05 bits per heavy atom. The fourth-order valence-corrected chi connectivity index (χ4v) is 2.35. The van der Waals surface area contributed by atoms with Crippen LogP contribution in [0.1, 0.15) is 11.1 Å². The van der Waals surface area contributed by atoms with Gasteiger partial charge in [-0.15, -0.1) is 0 Å². The molecule has 0 bridgehead atoms. The molecule has 1 aromatic heterocycles. The van der Waals surface area contributed by atoms with Crippen molar-refractivity contribution >= 4 is 16.6 Å². The third kappa shape index (κ3) is 2.74. The van der Waals surface area contributed by atoms with Gasteiger partial charge in [-0.1, -0.05) is 30.3 Å². The first-order valence-corrected chi connectivity index (χ1v) is 6.63. The summed E-state index contributed by atoms with van der Waals surface area (Å²) in [4.78, 5) is 4.34. The zero-order valence-corrected chi connectivity index (χ0v) is 11.3. The molecule has 0 aliphatic heterocycles. The van der Waals surface area contributed by atoms with Crippen LogP contribution in [0.15, 0.2) is 65.9 Å². The molecule has 104 valence electrons. The predicted molar refractivity (Wildman–Crippen MR) is 82.6 cm³/mol. The second-order valence-corrected chi connectivity index (χ2v) is 4.75.